The fraction of sp³-hybridized carbons (Fsp3) is 0.353. The summed E-state index contributed by atoms with van der Waals surface area (Å²) in [5, 5.41) is 38.7. The number of aliphatic hydroxyl groups excluding tert-OH is 2. The number of H-pyrrole nitrogens is 2. The molecular weight excluding hydrogens is 560 g/mol. The number of fused-ring (bicyclic) bond motifs is 8. The van der Waals surface area contributed by atoms with E-state index in [9.17, 15) is 30.0 Å². The maximum atomic E-state index is 11.6. The molecule has 10 heteroatoms. The molecule has 5 heterocycles. The molecular formula is C34H38N4O6. The van der Waals surface area contributed by atoms with Crippen molar-refractivity contribution < 1.29 is 30.0 Å². The number of aromatic amines is 2. The smallest absolute Gasteiger partial charge is 0.303 e. The van der Waals surface area contributed by atoms with Gasteiger partial charge in [-0.3, -0.25) is 9.59 Å². The lowest BCUT2D eigenvalue weighted by Crippen LogP contribution is -1.98. The van der Waals surface area contributed by atoms with E-state index in [1.807, 2.05) is 52.0 Å². The molecule has 10 nitrogen and oxygen atoms in total. The average Bonchev–Trinajstić information content (AvgIpc) is 3.62. The van der Waals surface area contributed by atoms with Crippen LogP contribution in [0.4, 0.5) is 0 Å². The van der Waals surface area contributed by atoms with E-state index in [4.69, 9.17) is 9.97 Å². The summed E-state index contributed by atoms with van der Waals surface area (Å²) in [5.74, 6) is -1.80. The quantitative estimate of drug-likeness (QED) is 0.175. The van der Waals surface area contributed by atoms with Crippen LogP contribution >= 0.6 is 0 Å². The minimum absolute atomic E-state index is 0.0303. The number of carboxylic acid groups (broad SMARTS) is 2. The predicted octanol–water partition coefficient (Wildman–Crippen LogP) is 5.59. The van der Waals surface area contributed by atoms with Gasteiger partial charge in [-0.2, -0.15) is 0 Å². The first-order valence-corrected chi connectivity index (χ1v) is 14.8. The van der Waals surface area contributed by atoms with Gasteiger partial charge in [0, 0.05) is 48.1 Å². The second-order valence-electron chi connectivity index (χ2n) is 11.4. The number of rotatable bonds is 10. The number of aromatic nitrogens is 4. The van der Waals surface area contributed by atoms with Crippen LogP contribution in [0.15, 0.2) is 24.3 Å². The molecule has 8 bridgehead atoms. The monoisotopic (exact) mass is 598 g/mol. The van der Waals surface area contributed by atoms with Crippen LogP contribution in [0.3, 0.4) is 0 Å². The second-order valence-corrected chi connectivity index (χ2v) is 11.4. The first-order chi connectivity index (χ1) is 21.0. The number of hydrogen-bond donors (Lipinski definition) is 6. The largest absolute Gasteiger partial charge is 0.481 e. The topological polar surface area (TPSA) is 172 Å². The minimum atomic E-state index is -0.906. The summed E-state index contributed by atoms with van der Waals surface area (Å²) in [6.07, 6.45) is 1.35. The highest BCUT2D eigenvalue weighted by molar-refractivity contribution is 5.96. The number of aliphatic carboxylic acids is 2. The van der Waals surface area contributed by atoms with Crippen molar-refractivity contribution in [2.45, 2.75) is 66.2 Å². The highest BCUT2D eigenvalue weighted by Gasteiger charge is 2.22. The van der Waals surface area contributed by atoms with Crippen molar-refractivity contribution in [2.24, 2.45) is 0 Å². The third-order valence-corrected chi connectivity index (χ3v) is 8.70. The van der Waals surface area contributed by atoms with Gasteiger partial charge in [-0.15, -0.1) is 0 Å². The maximum absolute atomic E-state index is 11.6. The molecule has 230 valence electrons. The van der Waals surface area contributed by atoms with E-state index in [1.54, 1.807) is 0 Å². The molecule has 0 saturated carbocycles. The molecule has 0 saturated heterocycles. The van der Waals surface area contributed by atoms with Crippen molar-refractivity contribution in [1.82, 2.24) is 19.9 Å². The van der Waals surface area contributed by atoms with Gasteiger partial charge in [0.05, 0.1) is 22.8 Å². The van der Waals surface area contributed by atoms with Gasteiger partial charge in [-0.05, 0) is 122 Å². The molecule has 0 fully saturated rings. The van der Waals surface area contributed by atoms with Gasteiger partial charge < -0.3 is 30.4 Å². The summed E-state index contributed by atoms with van der Waals surface area (Å²) in [6.45, 7) is 7.80. The van der Waals surface area contributed by atoms with Crippen LogP contribution in [0.5, 0.6) is 0 Å². The van der Waals surface area contributed by atoms with E-state index in [-0.39, 0.29) is 32.5 Å². The van der Waals surface area contributed by atoms with Crippen LogP contribution < -0.4 is 0 Å². The third-order valence-electron chi connectivity index (χ3n) is 8.70. The molecule has 2 aliphatic heterocycles. The van der Waals surface area contributed by atoms with Crippen LogP contribution in [-0.2, 0) is 22.4 Å². The number of carbonyl (C=O) groups is 2. The lowest BCUT2D eigenvalue weighted by molar-refractivity contribution is -0.137. The predicted molar refractivity (Wildman–Crippen MR) is 171 cm³/mol. The summed E-state index contributed by atoms with van der Waals surface area (Å²) in [7, 11) is 0. The van der Waals surface area contributed by atoms with Gasteiger partial charge in [-0.25, -0.2) is 9.97 Å². The molecule has 6 N–H and O–H groups in total. The normalized spacial score (nSPS) is 13.2. The molecule has 3 aromatic heterocycles. The van der Waals surface area contributed by atoms with Gasteiger partial charge in [0.1, 0.15) is 0 Å². The zero-order valence-corrected chi connectivity index (χ0v) is 25.5. The van der Waals surface area contributed by atoms with Crippen molar-refractivity contribution in [3.05, 3.63) is 69.3 Å². The fourth-order valence-corrected chi connectivity index (χ4v) is 6.18. The first kappa shape index (κ1) is 30.9. The molecule has 0 amide bonds. The Bertz CT molecular complexity index is 1890. The number of hydrogen-bond acceptors (Lipinski definition) is 6. The molecule has 0 aliphatic carbocycles. The van der Waals surface area contributed by atoms with E-state index < -0.39 is 11.9 Å². The Hall–Kier alpha value is -4.54. The van der Waals surface area contributed by atoms with Gasteiger partial charge in [0.15, 0.2) is 0 Å². The Balaban J connectivity index is 1.93. The van der Waals surface area contributed by atoms with Crippen LogP contribution in [0.25, 0.3) is 44.4 Å². The van der Waals surface area contributed by atoms with Gasteiger partial charge in [0.25, 0.3) is 0 Å². The minimum Gasteiger partial charge on any atom is -0.481 e. The van der Waals surface area contributed by atoms with Crippen molar-refractivity contribution >= 4 is 56.3 Å². The van der Waals surface area contributed by atoms with E-state index in [2.05, 4.69) is 9.97 Å². The van der Waals surface area contributed by atoms with Crippen LogP contribution in [0, 0.1) is 13.8 Å². The Labute approximate surface area is 254 Å². The maximum Gasteiger partial charge on any atom is 0.303 e. The molecule has 0 atom stereocenters. The van der Waals surface area contributed by atoms with Crippen LogP contribution in [-0.4, -0.2) is 65.5 Å². The highest BCUT2D eigenvalue weighted by atomic mass is 16.4. The highest BCUT2D eigenvalue weighted by Crippen LogP contribution is 2.37. The number of carboxylic acids is 2. The molecule has 3 aromatic rings. The lowest BCUT2D eigenvalue weighted by Gasteiger charge is -2.03. The van der Waals surface area contributed by atoms with E-state index in [0.717, 1.165) is 78.0 Å². The molecule has 44 heavy (non-hydrogen) atoms. The number of nitrogens with one attached hydrogen (secondary N) is 2. The van der Waals surface area contributed by atoms with Crippen molar-refractivity contribution in [2.75, 3.05) is 13.2 Å². The standard InChI is InChI=1S/C34H38N4O6/c1-17-21(5-7-33(41)42)31-16-32-22(6-8-34(43)44)18(2)27(38-32)14-30-24(10-12-40)20(4)28(37-30)15-29-23(9-11-39)19(3)26(35-29)13-25(17)36-31/h13-16,37-40H,5-12H2,1-4H3,(H,41,42)(H,43,44). The van der Waals surface area contributed by atoms with E-state index in [1.165, 1.54) is 0 Å². The lowest BCUT2D eigenvalue weighted by atomic mass is 9.99. The second kappa shape index (κ2) is 12.6. The first-order valence-electron chi connectivity index (χ1n) is 14.8. The number of nitrogens with zero attached hydrogens (tertiary/aromatic N) is 2. The summed E-state index contributed by atoms with van der Waals surface area (Å²) in [5.41, 5.74) is 13.2. The molecule has 0 spiro atoms. The number of aryl methyl sites for hydroxylation is 3. The van der Waals surface area contributed by atoms with Gasteiger partial charge in [0.2, 0.25) is 0 Å². The third kappa shape index (κ3) is 5.95. The Morgan fingerprint density at radius 2 is 1.05 bits per heavy atom. The Kier molecular flexibility index (Phi) is 8.85. The summed E-state index contributed by atoms with van der Waals surface area (Å²) in [6, 6.07) is 7.75. The van der Waals surface area contributed by atoms with Crippen LogP contribution in [0.1, 0.15) is 84.6 Å². The molecule has 0 aromatic carbocycles. The van der Waals surface area contributed by atoms with Crippen LogP contribution in [0.2, 0.25) is 0 Å². The Morgan fingerprint density at radius 3 is 1.59 bits per heavy atom. The summed E-state index contributed by atoms with van der Waals surface area (Å²) < 4.78 is 0. The fourth-order valence-electron chi connectivity index (χ4n) is 6.18. The zero-order valence-electron chi connectivity index (χ0n) is 25.5. The van der Waals surface area contributed by atoms with Gasteiger partial charge >= 0.3 is 11.9 Å². The van der Waals surface area contributed by atoms with Crippen molar-refractivity contribution in [1.29, 1.82) is 0 Å². The SMILES string of the molecule is CC1=C(CCO)c2cc3[nH]c(cc4[nH]c(cc5nc(cc1n2)C(C)=C5CCC(=O)O)c(CCC(=O)O)c4C)c(CCO)c3C. The van der Waals surface area contributed by atoms with E-state index >= 15 is 0 Å². The van der Waals surface area contributed by atoms with Crippen molar-refractivity contribution in [3.63, 3.8) is 0 Å². The molecule has 0 unspecified atom stereocenters. The molecule has 5 rings (SSSR count). The van der Waals surface area contributed by atoms with E-state index in [0.29, 0.717) is 30.7 Å². The molecule has 0 radical (unpaired) electrons. The van der Waals surface area contributed by atoms with Gasteiger partial charge in [-0.1, -0.05) is 0 Å². The summed E-state index contributed by atoms with van der Waals surface area (Å²) in [4.78, 5) is 40.0. The molecule has 2 aliphatic rings. The van der Waals surface area contributed by atoms with Crippen molar-refractivity contribution in [3.8, 4) is 0 Å². The Morgan fingerprint density at radius 1 is 0.591 bits per heavy atom. The average molecular weight is 599 g/mol. The number of aliphatic hydroxyl groups is 2. The summed E-state index contributed by atoms with van der Waals surface area (Å²) >= 11 is 0. The number of allylic oxidation sites excluding steroid dienone is 3. The zero-order chi connectivity index (χ0) is 31.7.